The number of ether oxygens (including phenoxy) is 2. The molecule has 0 aliphatic heterocycles. The maximum Gasteiger partial charge on any atom is 0.330 e. The molecule has 0 aliphatic carbocycles. The molecule has 0 rings (SSSR count). The van der Waals surface area contributed by atoms with Crippen molar-refractivity contribution in [2.45, 2.75) is 39.2 Å². The fraction of sp³-hybridized carbons (Fsp3) is 0.667. The third-order valence-electron chi connectivity index (χ3n) is 2.56. The molecule has 0 aromatic heterocycles. The Morgan fingerprint density at radius 2 is 2.00 bits per heavy atom. The third kappa shape index (κ3) is 7.90. The summed E-state index contributed by atoms with van der Waals surface area (Å²) < 4.78 is 39.1. The summed E-state index contributed by atoms with van der Waals surface area (Å²) in [6, 6.07) is 0. The lowest BCUT2D eigenvalue weighted by molar-refractivity contribution is -0.157. The summed E-state index contributed by atoms with van der Waals surface area (Å²) in [6.45, 7) is 6.67. The van der Waals surface area contributed by atoms with Gasteiger partial charge in [0.2, 0.25) is 5.94 Å². The van der Waals surface area contributed by atoms with E-state index in [1.165, 1.54) is 6.92 Å². The van der Waals surface area contributed by atoms with Crippen LogP contribution in [0.3, 0.4) is 0 Å². The fourth-order valence-corrected chi connectivity index (χ4v) is 1.79. The van der Waals surface area contributed by atoms with Crippen LogP contribution in [0, 0.1) is 5.92 Å². The minimum atomic E-state index is -4.39. The van der Waals surface area contributed by atoms with Crippen molar-refractivity contribution in [2.75, 3.05) is 5.94 Å². The van der Waals surface area contributed by atoms with Crippen molar-refractivity contribution in [3.63, 3.8) is 0 Å². The van der Waals surface area contributed by atoms with Crippen LogP contribution in [-0.2, 0) is 29.2 Å². The Balaban J connectivity index is 4.71. The van der Waals surface area contributed by atoms with Gasteiger partial charge in [0, 0.05) is 6.08 Å². The Hall–Kier alpha value is -1.41. The molecule has 0 fully saturated rings. The highest BCUT2D eigenvalue weighted by atomic mass is 32.2. The predicted octanol–water partition coefficient (Wildman–Crippen LogP) is 1.30. The summed E-state index contributed by atoms with van der Waals surface area (Å²) in [5.41, 5.74) is 0. The number of esters is 2. The molecule has 0 saturated heterocycles. The second kappa shape index (κ2) is 8.70. The zero-order valence-corrected chi connectivity index (χ0v) is 12.4. The Bertz CT molecular complexity index is 441. The van der Waals surface area contributed by atoms with Gasteiger partial charge in [0.25, 0.3) is 0 Å². The molecule has 0 bridgehead atoms. The minimum Gasteiger partial charge on any atom is -0.459 e. The summed E-state index contributed by atoms with van der Waals surface area (Å²) in [5, 5.41) is 0. The van der Waals surface area contributed by atoms with E-state index in [-0.39, 0.29) is 0 Å². The van der Waals surface area contributed by atoms with Crippen molar-refractivity contribution in [3.8, 4) is 0 Å². The van der Waals surface area contributed by atoms with E-state index in [2.05, 4.69) is 11.3 Å². The van der Waals surface area contributed by atoms with Crippen molar-refractivity contribution < 1.29 is 32.0 Å². The summed E-state index contributed by atoms with van der Waals surface area (Å²) in [7, 11) is -4.39. The van der Waals surface area contributed by atoms with Crippen molar-refractivity contribution in [1.29, 1.82) is 0 Å². The first kappa shape index (κ1) is 18.6. The van der Waals surface area contributed by atoms with E-state index in [9.17, 15) is 18.0 Å². The van der Waals surface area contributed by atoms with Crippen LogP contribution in [0.2, 0.25) is 0 Å². The monoisotopic (exact) mass is 308 g/mol. The molecule has 0 aromatic carbocycles. The zero-order valence-electron chi connectivity index (χ0n) is 11.6. The summed E-state index contributed by atoms with van der Waals surface area (Å²) in [5.74, 6) is -3.42. The molecule has 20 heavy (non-hydrogen) atoms. The van der Waals surface area contributed by atoms with E-state index in [4.69, 9.17) is 9.29 Å². The van der Waals surface area contributed by atoms with Gasteiger partial charge < -0.3 is 9.47 Å². The zero-order chi connectivity index (χ0) is 15.8. The topological polar surface area (TPSA) is 107 Å². The van der Waals surface area contributed by atoms with Crippen LogP contribution >= 0.6 is 0 Å². The van der Waals surface area contributed by atoms with E-state index in [1.807, 2.05) is 6.92 Å². The lowest BCUT2D eigenvalue weighted by atomic mass is 9.97. The average Bonchev–Trinajstić information content (AvgIpc) is 2.35. The smallest absolute Gasteiger partial charge is 0.330 e. The van der Waals surface area contributed by atoms with Crippen LogP contribution in [0.15, 0.2) is 12.7 Å². The van der Waals surface area contributed by atoms with Crippen LogP contribution in [0.4, 0.5) is 0 Å². The number of carbonyl (C=O) groups excluding carboxylic acids is 2. The molecule has 0 spiro atoms. The molecule has 0 radical (unpaired) electrons. The van der Waals surface area contributed by atoms with E-state index in [0.717, 1.165) is 12.5 Å². The molecule has 2 unspecified atom stereocenters. The summed E-state index contributed by atoms with van der Waals surface area (Å²) >= 11 is 0. The number of unbranched alkanes of at least 4 members (excludes halogenated alkanes) is 1. The van der Waals surface area contributed by atoms with Crippen LogP contribution in [0.1, 0.15) is 33.1 Å². The van der Waals surface area contributed by atoms with E-state index in [0.29, 0.717) is 12.8 Å². The molecule has 7 nitrogen and oxygen atoms in total. The van der Waals surface area contributed by atoms with Crippen molar-refractivity contribution in [1.82, 2.24) is 0 Å². The number of hydrogen-bond donors (Lipinski definition) is 1. The molecule has 2 atom stereocenters. The van der Waals surface area contributed by atoms with Gasteiger partial charge in [-0.1, -0.05) is 26.3 Å². The van der Waals surface area contributed by atoms with Gasteiger partial charge >= 0.3 is 22.1 Å². The lowest BCUT2D eigenvalue weighted by Crippen LogP contribution is -2.32. The molecule has 0 saturated carbocycles. The van der Waals surface area contributed by atoms with E-state index in [1.54, 1.807) is 0 Å². The van der Waals surface area contributed by atoms with Crippen molar-refractivity contribution in [2.24, 2.45) is 5.92 Å². The lowest BCUT2D eigenvalue weighted by Gasteiger charge is -2.21. The minimum absolute atomic E-state index is 0.381. The largest absolute Gasteiger partial charge is 0.459 e. The molecular weight excluding hydrogens is 288 g/mol. The highest BCUT2D eigenvalue weighted by Crippen LogP contribution is 2.18. The highest BCUT2D eigenvalue weighted by molar-refractivity contribution is 7.85. The first-order valence-electron chi connectivity index (χ1n) is 6.16. The van der Waals surface area contributed by atoms with Gasteiger partial charge in [-0.25, -0.2) is 4.79 Å². The van der Waals surface area contributed by atoms with Gasteiger partial charge in [-0.15, -0.1) is 0 Å². The van der Waals surface area contributed by atoms with Gasteiger partial charge in [-0.2, -0.15) is 8.42 Å². The molecule has 0 amide bonds. The van der Waals surface area contributed by atoms with Gasteiger partial charge in [0.15, 0.2) is 0 Å². The quantitative estimate of drug-likeness (QED) is 0.388. The third-order valence-corrected chi connectivity index (χ3v) is 2.97. The SMILES string of the molecule is C=CC(=O)OC(C)C(CCCC)C(=O)OCS(=O)(=O)O. The molecule has 0 aromatic rings. The molecule has 116 valence electrons. The second-order valence-corrected chi connectivity index (χ2v) is 5.66. The van der Waals surface area contributed by atoms with Crippen molar-refractivity contribution >= 4 is 22.1 Å². The maximum atomic E-state index is 11.8. The molecule has 0 heterocycles. The number of carbonyl (C=O) groups is 2. The maximum absolute atomic E-state index is 11.8. The van der Waals surface area contributed by atoms with E-state index >= 15 is 0 Å². The summed E-state index contributed by atoms with van der Waals surface area (Å²) in [4.78, 5) is 22.9. The Labute approximate surface area is 118 Å². The first-order chi connectivity index (χ1) is 9.21. The Morgan fingerprint density at radius 3 is 2.45 bits per heavy atom. The normalized spacial score (nSPS) is 14.2. The molecular formula is C12H20O7S. The van der Waals surface area contributed by atoms with Gasteiger partial charge in [0.05, 0.1) is 5.92 Å². The highest BCUT2D eigenvalue weighted by Gasteiger charge is 2.29. The average molecular weight is 308 g/mol. The fourth-order valence-electron chi connectivity index (χ4n) is 1.52. The summed E-state index contributed by atoms with van der Waals surface area (Å²) in [6.07, 6.45) is 2.07. The van der Waals surface area contributed by atoms with Crippen LogP contribution in [0.5, 0.6) is 0 Å². The van der Waals surface area contributed by atoms with Crippen molar-refractivity contribution in [3.05, 3.63) is 12.7 Å². The van der Waals surface area contributed by atoms with Crippen LogP contribution in [-0.4, -0.2) is 37.0 Å². The number of rotatable bonds is 9. The first-order valence-corrected chi connectivity index (χ1v) is 7.77. The van der Waals surface area contributed by atoms with Gasteiger partial charge in [0.1, 0.15) is 6.10 Å². The Kier molecular flexibility index (Phi) is 8.09. The standard InChI is InChI=1S/C12H20O7S/c1-4-6-7-10(9(3)19-11(13)5-2)12(14)18-8-20(15,16)17/h5,9-10H,2,4,6-8H2,1,3H3,(H,15,16,17). The van der Waals surface area contributed by atoms with E-state index < -0.39 is 40.0 Å². The van der Waals surface area contributed by atoms with Crippen LogP contribution < -0.4 is 0 Å². The molecule has 1 N–H and O–H groups in total. The predicted molar refractivity (Wildman–Crippen MR) is 71.3 cm³/mol. The van der Waals surface area contributed by atoms with Gasteiger partial charge in [-0.3, -0.25) is 9.35 Å². The second-order valence-electron chi connectivity index (χ2n) is 4.26. The Morgan fingerprint density at radius 1 is 1.40 bits per heavy atom. The van der Waals surface area contributed by atoms with Crippen LogP contribution in [0.25, 0.3) is 0 Å². The number of hydrogen-bond acceptors (Lipinski definition) is 6. The molecule has 8 heteroatoms. The van der Waals surface area contributed by atoms with Gasteiger partial charge in [-0.05, 0) is 13.3 Å². The molecule has 0 aliphatic rings.